The predicted octanol–water partition coefficient (Wildman–Crippen LogP) is 2.30. The lowest BCUT2D eigenvalue weighted by Gasteiger charge is -2.22. The van der Waals surface area contributed by atoms with Crippen molar-refractivity contribution in [2.24, 2.45) is 0 Å². The second-order valence-electron chi connectivity index (χ2n) is 4.83. The van der Waals surface area contributed by atoms with Crippen LogP contribution in [0.25, 0.3) is 0 Å². The van der Waals surface area contributed by atoms with Crippen molar-refractivity contribution in [2.45, 2.75) is 12.7 Å². The number of ether oxygens (including phenoxy) is 2. The Morgan fingerprint density at radius 2 is 2.00 bits per heavy atom. The number of aliphatic hydroxyl groups excluding tert-OH is 1. The number of aliphatic hydroxyl groups is 1. The van der Waals surface area contributed by atoms with Gasteiger partial charge in [-0.05, 0) is 36.4 Å². The fraction of sp³-hybridized carbons (Fsp3) is 0.375. The molecular formula is C16H21NO4. The zero-order valence-corrected chi connectivity index (χ0v) is 12.4. The summed E-state index contributed by atoms with van der Waals surface area (Å²) < 4.78 is 15.7. The van der Waals surface area contributed by atoms with Gasteiger partial charge in [0.15, 0.2) is 0 Å². The topological polar surface area (TPSA) is 55.1 Å². The Hall–Kier alpha value is -1.98. The molecular weight excluding hydrogens is 270 g/mol. The maximum Gasteiger partial charge on any atom is 0.129 e. The summed E-state index contributed by atoms with van der Waals surface area (Å²) in [6, 6.07) is 11.4. The molecule has 0 aliphatic carbocycles. The van der Waals surface area contributed by atoms with Crippen molar-refractivity contribution in [1.82, 2.24) is 0 Å². The van der Waals surface area contributed by atoms with E-state index < -0.39 is 6.10 Å². The highest BCUT2D eigenvalue weighted by molar-refractivity contribution is 5.48. The molecule has 0 aliphatic rings. The molecule has 1 heterocycles. The average molecular weight is 291 g/mol. The third-order valence-corrected chi connectivity index (χ3v) is 3.13. The van der Waals surface area contributed by atoms with Crippen LogP contribution in [0.4, 0.5) is 5.69 Å². The van der Waals surface area contributed by atoms with E-state index in [0.29, 0.717) is 13.2 Å². The smallest absolute Gasteiger partial charge is 0.129 e. The highest BCUT2D eigenvalue weighted by Gasteiger charge is 2.10. The fourth-order valence-corrected chi connectivity index (χ4v) is 2.00. The van der Waals surface area contributed by atoms with Crippen molar-refractivity contribution in [2.75, 3.05) is 32.2 Å². The van der Waals surface area contributed by atoms with Gasteiger partial charge >= 0.3 is 0 Å². The molecule has 0 fully saturated rings. The molecule has 1 aromatic carbocycles. The summed E-state index contributed by atoms with van der Waals surface area (Å²) in [4.78, 5) is 1.97. The van der Waals surface area contributed by atoms with Crippen molar-refractivity contribution in [1.29, 1.82) is 0 Å². The van der Waals surface area contributed by atoms with Crippen molar-refractivity contribution < 1.29 is 19.0 Å². The second-order valence-corrected chi connectivity index (χ2v) is 4.83. The van der Waals surface area contributed by atoms with Gasteiger partial charge in [-0.1, -0.05) is 0 Å². The second kappa shape index (κ2) is 7.71. The molecule has 1 N–H and O–H groups in total. The first-order chi connectivity index (χ1) is 10.2. The number of likely N-dealkylation sites (N-methyl/N-ethyl adjacent to an activating group) is 1. The summed E-state index contributed by atoms with van der Waals surface area (Å²) in [5.41, 5.74) is 1.01. The number of nitrogens with zero attached hydrogens (tertiary/aromatic N) is 1. The van der Waals surface area contributed by atoms with Crippen LogP contribution in [0.2, 0.25) is 0 Å². The van der Waals surface area contributed by atoms with Crippen LogP contribution < -0.4 is 9.64 Å². The summed E-state index contributed by atoms with van der Waals surface area (Å²) >= 11 is 0. The molecule has 114 valence electrons. The molecule has 0 saturated carbocycles. The van der Waals surface area contributed by atoms with Crippen LogP contribution >= 0.6 is 0 Å². The summed E-state index contributed by atoms with van der Waals surface area (Å²) in [6.07, 6.45) is 1.04. The molecule has 0 radical (unpaired) electrons. The zero-order valence-electron chi connectivity index (χ0n) is 12.4. The molecule has 0 amide bonds. The van der Waals surface area contributed by atoms with E-state index in [1.165, 1.54) is 0 Å². The van der Waals surface area contributed by atoms with E-state index in [0.717, 1.165) is 17.2 Å². The van der Waals surface area contributed by atoms with Crippen LogP contribution in [-0.4, -0.2) is 38.5 Å². The number of rotatable bonds is 8. The Kier molecular flexibility index (Phi) is 5.66. The summed E-state index contributed by atoms with van der Waals surface area (Å²) in [5.74, 6) is 1.57. The molecule has 0 aliphatic heterocycles. The number of furan rings is 1. The summed E-state index contributed by atoms with van der Waals surface area (Å²) in [6.45, 7) is 1.13. The van der Waals surface area contributed by atoms with Crippen LogP contribution in [0.15, 0.2) is 47.1 Å². The number of benzene rings is 1. The van der Waals surface area contributed by atoms with Crippen molar-refractivity contribution in [3.8, 4) is 5.75 Å². The van der Waals surface area contributed by atoms with E-state index in [9.17, 15) is 5.11 Å². The van der Waals surface area contributed by atoms with Gasteiger partial charge in [-0.2, -0.15) is 0 Å². The molecule has 5 heteroatoms. The quantitative estimate of drug-likeness (QED) is 0.809. The van der Waals surface area contributed by atoms with Gasteiger partial charge in [0.05, 0.1) is 26.1 Å². The van der Waals surface area contributed by atoms with E-state index in [4.69, 9.17) is 13.9 Å². The maximum atomic E-state index is 9.99. The number of methoxy groups -OCH3 is 1. The van der Waals surface area contributed by atoms with Crippen LogP contribution in [0.5, 0.6) is 5.75 Å². The van der Waals surface area contributed by atoms with E-state index >= 15 is 0 Å². The molecule has 2 aromatic rings. The molecule has 0 bridgehead atoms. The Balaban J connectivity index is 1.74. The van der Waals surface area contributed by atoms with Gasteiger partial charge in [-0.15, -0.1) is 0 Å². The molecule has 1 atom stereocenters. The molecule has 1 aromatic heterocycles. The van der Waals surface area contributed by atoms with E-state index in [1.54, 1.807) is 13.4 Å². The molecule has 1 unspecified atom stereocenters. The van der Waals surface area contributed by atoms with Gasteiger partial charge in [0, 0.05) is 19.3 Å². The Morgan fingerprint density at radius 1 is 1.24 bits per heavy atom. The third-order valence-electron chi connectivity index (χ3n) is 3.13. The van der Waals surface area contributed by atoms with Crippen LogP contribution in [0, 0.1) is 0 Å². The highest BCUT2D eigenvalue weighted by atomic mass is 16.5. The van der Waals surface area contributed by atoms with Gasteiger partial charge in [-0.3, -0.25) is 0 Å². The van der Waals surface area contributed by atoms with Gasteiger partial charge < -0.3 is 23.9 Å². The lowest BCUT2D eigenvalue weighted by atomic mass is 10.2. The van der Waals surface area contributed by atoms with Crippen molar-refractivity contribution in [3.63, 3.8) is 0 Å². The SMILES string of the molecule is COc1ccc(N(C)CC(O)COCc2ccco2)cc1. The molecule has 0 saturated heterocycles. The molecule has 2 rings (SSSR count). The first-order valence-corrected chi connectivity index (χ1v) is 6.82. The summed E-state index contributed by atoms with van der Waals surface area (Å²) in [5, 5.41) is 9.99. The number of anilines is 1. The van der Waals surface area contributed by atoms with Crippen LogP contribution in [0.3, 0.4) is 0 Å². The zero-order chi connectivity index (χ0) is 15.1. The highest BCUT2D eigenvalue weighted by Crippen LogP contribution is 2.18. The fourth-order valence-electron chi connectivity index (χ4n) is 2.00. The monoisotopic (exact) mass is 291 g/mol. The van der Waals surface area contributed by atoms with Gasteiger partial charge in [0.2, 0.25) is 0 Å². The van der Waals surface area contributed by atoms with Crippen molar-refractivity contribution in [3.05, 3.63) is 48.4 Å². The minimum Gasteiger partial charge on any atom is -0.497 e. The number of hydrogen-bond donors (Lipinski definition) is 1. The van der Waals surface area contributed by atoms with Gasteiger partial charge in [0.25, 0.3) is 0 Å². The van der Waals surface area contributed by atoms with Crippen LogP contribution in [-0.2, 0) is 11.3 Å². The first kappa shape index (κ1) is 15.4. The average Bonchev–Trinajstić information content (AvgIpc) is 3.00. The largest absolute Gasteiger partial charge is 0.497 e. The molecule has 0 spiro atoms. The van der Waals surface area contributed by atoms with E-state index in [2.05, 4.69) is 0 Å². The number of hydrogen-bond acceptors (Lipinski definition) is 5. The standard InChI is InChI=1S/C16H21NO4/c1-17(13-5-7-15(19-2)8-6-13)10-14(18)11-20-12-16-4-3-9-21-16/h3-9,14,18H,10-12H2,1-2H3. The maximum absolute atomic E-state index is 9.99. The third kappa shape index (κ3) is 4.81. The molecule has 5 nitrogen and oxygen atoms in total. The van der Waals surface area contributed by atoms with Crippen LogP contribution in [0.1, 0.15) is 5.76 Å². The Morgan fingerprint density at radius 3 is 2.62 bits per heavy atom. The summed E-state index contributed by atoms with van der Waals surface area (Å²) in [7, 11) is 3.57. The van der Waals surface area contributed by atoms with Gasteiger partial charge in [0.1, 0.15) is 18.1 Å². The Labute approximate surface area is 124 Å². The predicted molar refractivity (Wildman–Crippen MR) is 80.6 cm³/mol. The lowest BCUT2D eigenvalue weighted by Crippen LogP contribution is -2.32. The minimum atomic E-state index is -0.563. The normalized spacial score (nSPS) is 12.1. The van der Waals surface area contributed by atoms with E-state index in [-0.39, 0.29) is 6.61 Å². The Bertz CT molecular complexity index is 510. The van der Waals surface area contributed by atoms with Gasteiger partial charge in [-0.25, -0.2) is 0 Å². The lowest BCUT2D eigenvalue weighted by molar-refractivity contribution is 0.0260. The van der Waals surface area contributed by atoms with E-state index in [1.807, 2.05) is 48.3 Å². The first-order valence-electron chi connectivity index (χ1n) is 6.82. The minimum absolute atomic E-state index is 0.265. The molecule has 21 heavy (non-hydrogen) atoms. The van der Waals surface area contributed by atoms with Crippen molar-refractivity contribution >= 4 is 5.69 Å².